The molecular formula is C13H18N2OS. The van der Waals surface area contributed by atoms with Gasteiger partial charge in [-0.3, -0.25) is 10.2 Å². The SMILES string of the molecule is CCSc1ccc(CC2C(=O)NNC2C)cc1. The summed E-state index contributed by atoms with van der Waals surface area (Å²) >= 11 is 1.84. The molecule has 2 rings (SSSR count). The zero-order valence-electron chi connectivity index (χ0n) is 10.2. The van der Waals surface area contributed by atoms with Gasteiger partial charge in [0.15, 0.2) is 0 Å². The second kappa shape index (κ2) is 5.56. The van der Waals surface area contributed by atoms with Crippen molar-refractivity contribution in [1.82, 2.24) is 10.9 Å². The van der Waals surface area contributed by atoms with Crippen LogP contribution in [0.15, 0.2) is 29.2 Å². The van der Waals surface area contributed by atoms with Gasteiger partial charge in [0, 0.05) is 10.9 Å². The highest BCUT2D eigenvalue weighted by Gasteiger charge is 2.30. The molecule has 0 bridgehead atoms. The van der Waals surface area contributed by atoms with Crippen molar-refractivity contribution < 1.29 is 4.79 Å². The fourth-order valence-corrected chi connectivity index (χ4v) is 2.68. The van der Waals surface area contributed by atoms with E-state index in [4.69, 9.17) is 0 Å². The van der Waals surface area contributed by atoms with E-state index < -0.39 is 0 Å². The van der Waals surface area contributed by atoms with E-state index in [1.807, 2.05) is 18.7 Å². The van der Waals surface area contributed by atoms with Crippen molar-refractivity contribution in [2.45, 2.75) is 31.2 Å². The van der Waals surface area contributed by atoms with Crippen LogP contribution >= 0.6 is 11.8 Å². The Morgan fingerprint density at radius 1 is 1.29 bits per heavy atom. The Bertz CT molecular complexity index is 391. The molecule has 2 unspecified atom stereocenters. The first-order valence-corrected chi connectivity index (χ1v) is 6.96. The summed E-state index contributed by atoms with van der Waals surface area (Å²) in [5, 5.41) is 0. The van der Waals surface area contributed by atoms with Crippen LogP contribution in [-0.4, -0.2) is 17.7 Å². The maximum atomic E-state index is 11.6. The second-order valence-electron chi connectivity index (χ2n) is 4.31. The van der Waals surface area contributed by atoms with Gasteiger partial charge in [-0.25, -0.2) is 5.43 Å². The lowest BCUT2D eigenvalue weighted by atomic mass is 9.94. The summed E-state index contributed by atoms with van der Waals surface area (Å²) in [5.74, 6) is 1.23. The first kappa shape index (κ1) is 12.5. The molecule has 0 saturated carbocycles. The molecule has 1 amide bonds. The highest BCUT2D eigenvalue weighted by atomic mass is 32.2. The van der Waals surface area contributed by atoms with Crippen molar-refractivity contribution >= 4 is 17.7 Å². The van der Waals surface area contributed by atoms with Gasteiger partial charge in [0.25, 0.3) is 0 Å². The molecule has 3 nitrogen and oxygen atoms in total. The maximum Gasteiger partial charge on any atom is 0.239 e. The number of carbonyl (C=O) groups is 1. The lowest BCUT2D eigenvalue weighted by Crippen LogP contribution is -2.29. The average molecular weight is 250 g/mol. The van der Waals surface area contributed by atoms with Crippen LogP contribution in [0.2, 0.25) is 0 Å². The summed E-state index contributed by atoms with van der Waals surface area (Å²) < 4.78 is 0. The fourth-order valence-electron chi connectivity index (χ4n) is 2.02. The number of hydrazine groups is 1. The predicted molar refractivity (Wildman–Crippen MR) is 70.8 cm³/mol. The third kappa shape index (κ3) is 3.01. The highest BCUT2D eigenvalue weighted by molar-refractivity contribution is 7.99. The molecule has 1 aliphatic heterocycles. The van der Waals surface area contributed by atoms with Crippen LogP contribution in [-0.2, 0) is 11.2 Å². The first-order valence-electron chi connectivity index (χ1n) is 5.98. The maximum absolute atomic E-state index is 11.6. The average Bonchev–Trinajstić information content (AvgIpc) is 2.64. The Labute approximate surface area is 106 Å². The number of rotatable bonds is 4. The Morgan fingerprint density at radius 3 is 2.53 bits per heavy atom. The van der Waals surface area contributed by atoms with E-state index in [1.54, 1.807) is 0 Å². The number of carbonyl (C=O) groups excluding carboxylic acids is 1. The number of hydrogen-bond donors (Lipinski definition) is 2. The lowest BCUT2D eigenvalue weighted by Gasteiger charge is -2.11. The number of nitrogens with one attached hydrogen (secondary N) is 2. The summed E-state index contributed by atoms with van der Waals surface area (Å²) in [5.41, 5.74) is 6.87. The largest absolute Gasteiger partial charge is 0.291 e. The van der Waals surface area contributed by atoms with Gasteiger partial charge in [0.1, 0.15) is 0 Å². The smallest absolute Gasteiger partial charge is 0.239 e. The van der Waals surface area contributed by atoms with Crippen LogP contribution in [0.1, 0.15) is 19.4 Å². The highest BCUT2D eigenvalue weighted by Crippen LogP contribution is 2.21. The van der Waals surface area contributed by atoms with Crippen molar-refractivity contribution in [3.63, 3.8) is 0 Å². The molecule has 1 heterocycles. The molecule has 1 aromatic rings. The number of thioether (sulfide) groups is 1. The van der Waals surface area contributed by atoms with Gasteiger partial charge < -0.3 is 0 Å². The van der Waals surface area contributed by atoms with Crippen molar-refractivity contribution in [1.29, 1.82) is 0 Å². The van der Waals surface area contributed by atoms with Crippen LogP contribution in [0.5, 0.6) is 0 Å². The Hall–Kier alpha value is -1.00. The molecule has 1 aromatic carbocycles. The van der Waals surface area contributed by atoms with E-state index in [2.05, 4.69) is 42.0 Å². The molecule has 1 fully saturated rings. The van der Waals surface area contributed by atoms with E-state index in [0.717, 1.165) is 12.2 Å². The van der Waals surface area contributed by atoms with E-state index in [1.165, 1.54) is 10.5 Å². The summed E-state index contributed by atoms with van der Waals surface area (Å²) in [6.45, 7) is 4.18. The van der Waals surface area contributed by atoms with Crippen molar-refractivity contribution in [3.05, 3.63) is 29.8 Å². The molecule has 4 heteroatoms. The summed E-state index contributed by atoms with van der Waals surface area (Å²) in [6, 6.07) is 8.71. The van der Waals surface area contributed by atoms with Gasteiger partial charge >= 0.3 is 0 Å². The summed E-state index contributed by atoms with van der Waals surface area (Å²) in [6.07, 6.45) is 0.803. The number of amides is 1. The monoisotopic (exact) mass is 250 g/mol. The number of benzene rings is 1. The third-order valence-electron chi connectivity index (χ3n) is 3.05. The second-order valence-corrected chi connectivity index (χ2v) is 5.65. The van der Waals surface area contributed by atoms with E-state index in [9.17, 15) is 4.79 Å². The fraction of sp³-hybridized carbons (Fsp3) is 0.462. The van der Waals surface area contributed by atoms with Gasteiger partial charge in [-0.05, 0) is 36.8 Å². The summed E-state index contributed by atoms with van der Waals surface area (Å²) in [4.78, 5) is 12.9. The molecule has 2 atom stereocenters. The molecule has 0 radical (unpaired) electrons. The predicted octanol–water partition coefficient (Wildman–Crippen LogP) is 1.98. The lowest BCUT2D eigenvalue weighted by molar-refractivity contribution is -0.122. The minimum Gasteiger partial charge on any atom is -0.291 e. The van der Waals surface area contributed by atoms with Crippen LogP contribution < -0.4 is 10.9 Å². The van der Waals surface area contributed by atoms with Gasteiger partial charge in [0.05, 0.1) is 5.92 Å². The van der Waals surface area contributed by atoms with E-state index in [0.29, 0.717) is 0 Å². The van der Waals surface area contributed by atoms with Crippen molar-refractivity contribution in [2.24, 2.45) is 5.92 Å². The first-order chi connectivity index (χ1) is 8.20. The molecule has 92 valence electrons. The molecule has 2 N–H and O–H groups in total. The van der Waals surface area contributed by atoms with E-state index >= 15 is 0 Å². The van der Waals surface area contributed by atoms with Crippen LogP contribution in [0.3, 0.4) is 0 Å². The minimum absolute atomic E-state index is 0.0414. The van der Waals surface area contributed by atoms with Gasteiger partial charge in [0.2, 0.25) is 5.91 Å². The molecule has 1 aliphatic rings. The molecule has 0 spiro atoms. The molecule has 17 heavy (non-hydrogen) atoms. The zero-order chi connectivity index (χ0) is 12.3. The standard InChI is InChI=1S/C13H18N2OS/c1-3-17-11-6-4-10(5-7-11)8-12-9(2)14-15-13(12)16/h4-7,9,12,14H,3,8H2,1-2H3,(H,15,16). The third-order valence-corrected chi connectivity index (χ3v) is 3.95. The quantitative estimate of drug-likeness (QED) is 0.803. The van der Waals surface area contributed by atoms with Gasteiger partial charge in [-0.15, -0.1) is 11.8 Å². The van der Waals surface area contributed by atoms with Crippen molar-refractivity contribution in [3.8, 4) is 0 Å². The molecule has 0 aliphatic carbocycles. The zero-order valence-corrected chi connectivity index (χ0v) is 11.0. The Balaban J connectivity index is 2.01. The summed E-state index contributed by atoms with van der Waals surface area (Å²) in [7, 11) is 0. The van der Waals surface area contributed by atoms with E-state index in [-0.39, 0.29) is 17.9 Å². The van der Waals surface area contributed by atoms with Crippen molar-refractivity contribution in [2.75, 3.05) is 5.75 Å². The molecular weight excluding hydrogens is 232 g/mol. The number of hydrogen-bond acceptors (Lipinski definition) is 3. The van der Waals surface area contributed by atoms with Crippen LogP contribution in [0.4, 0.5) is 0 Å². The minimum atomic E-state index is 0.0414. The Kier molecular flexibility index (Phi) is 4.07. The molecule has 1 saturated heterocycles. The van der Waals surface area contributed by atoms with Gasteiger partial charge in [-0.2, -0.15) is 0 Å². The van der Waals surface area contributed by atoms with Crippen LogP contribution in [0, 0.1) is 5.92 Å². The topological polar surface area (TPSA) is 41.1 Å². The van der Waals surface area contributed by atoms with Gasteiger partial charge in [-0.1, -0.05) is 19.1 Å². The van der Waals surface area contributed by atoms with Crippen LogP contribution in [0.25, 0.3) is 0 Å². The molecule has 0 aromatic heterocycles. The Morgan fingerprint density at radius 2 is 2.00 bits per heavy atom. The normalized spacial score (nSPS) is 23.8.